The summed E-state index contributed by atoms with van der Waals surface area (Å²) >= 11 is 0. The summed E-state index contributed by atoms with van der Waals surface area (Å²) in [5, 5.41) is 6.64. The number of hydrogen-bond donors (Lipinski definition) is 2. The predicted molar refractivity (Wildman–Crippen MR) is 94.4 cm³/mol. The van der Waals surface area contributed by atoms with Crippen LogP contribution in [0.15, 0.2) is 23.2 Å². The third kappa shape index (κ3) is 7.46. The second-order valence-electron chi connectivity index (χ2n) is 5.82. The van der Waals surface area contributed by atoms with E-state index in [9.17, 15) is 0 Å². The van der Waals surface area contributed by atoms with Crippen molar-refractivity contribution in [2.75, 3.05) is 19.7 Å². The molecule has 0 atom stereocenters. The lowest BCUT2D eigenvalue weighted by atomic mass is 10.1. The van der Waals surface area contributed by atoms with Crippen LogP contribution in [0, 0.1) is 13.8 Å². The SMILES string of the molecule is CCNC(=NCc1ccc(C)cc1C)NCCCOC(C)C. The molecule has 2 N–H and O–H groups in total. The number of nitrogens with zero attached hydrogens (tertiary/aromatic N) is 1. The van der Waals surface area contributed by atoms with Crippen molar-refractivity contribution >= 4 is 5.96 Å². The quantitative estimate of drug-likeness (QED) is 0.440. The van der Waals surface area contributed by atoms with Gasteiger partial charge in [0.15, 0.2) is 5.96 Å². The number of hydrogen-bond acceptors (Lipinski definition) is 2. The lowest BCUT2D eigenvalue weighted by molar-refractivity contribution is 0.0776. The first-order chi connectivity index (χ1) is 10.5. The van der Waals surface area contributed by atoms with Crippen molar-refractivity contribution in [1.82, 2.24) is 10.6 Å². The van der Waals surface area contributed by atoms with Gasteiger partial charge in [-0.05, 0) is 52.2 Å². The van der Waals surface area contributed by atoms with Crippen LogP contribution in [0.2, 0.25) is 0 Å². The maximum absolute atomic E-state index is 5.54. The van der Waals surface area contributed by atoms with E-state index in [0.717, 1.165) is 32.1 Å². The highest BCUT2D eigenvalue weighted by atomic mass is 16.5. The van der Waals surface area contributed by atoms with Crippen LogP contribution < -0.4 is 10.6 Å². The molecule has 0 heterocycles. The fraction of sp³-hybridized carbons (Fsp3) is 0.611. The molecule has 0 aromatic heterocycles. The molecule has 0 bridgehead atoms. The van der Waals surface area contributed by atoms with E-state index >= 15 is 0 Å². The summed E-state index contributed by atoms with van der Waals surface area (Å²) in [5.41, 5.74) is 3.86. The van der Waals surface area contributed by atoms with E-state index in [1.54, 1.807) is 0 Å². The molecule has 1 rings (SSSR count). The highest BCUT2D eigenvalue weighted by molar-refractivity contribution is 5.79. The Kier molecular flexibility index (Phi) is 8.60. The van der Waals surface area contributed by atoms with Gasteiger partial charge in [-0.3, -0.25) is 0 Å². The molecule has 0 fully saturated rings. The van der Waals surface area contributed by atoms with Crippen molar-refractivity contribution in [3.8, 4) is 0 Å². The molecular formula is C18H31N3O. The summed E-state index contributed by atoms with van der Waals surface area (Å²) in [6.45, 7) is 13.7. The summed E-state index contributed by atoms with van der Waals surface area (Å²) in [7, 11) is 0. The predicted octanol–water partition coefficient (Wildman–Crippen LogP) is 3.17. The van der Waals surface area contributed by atoms with Gasteiger partial charge in [-0.2, -0.15) is 0 Å². The first-order valence-corrected chi connectivity index (χ1v) is 8.22. The topological polar surface area (TPSA) is 45.7 Å². The second kappa shape index (κ2) is 10.2. The molecule has 0 aliphatic rings. The zero-order chi connectivity index (χ0) is 16.4. The third-order valence-corrected chi connectivity index (χ3v) is 3.31. The summed E-state index contributed by atoms with van der Waals surface area (Å²) < 4.78 is 5.54. The van der Waals surface area contributed by atoms with Gasteiger partial charge in [-0.15, -0.1) is 0 Å². The maximum atomic E-state index is 5.54. The molecule has 4 heteroatoms. The number of aryl methyl sites for hydroxylation is 2. The smallest absolute Gasteiger partial charge is 0.191 e. The first kappa shape index (κ1) is 18.5. The monoisotopic (exact) mass is 305 g/mol. The van der Waals surface area contributed by atoms with Gasteiger partial charge in [0, 0.05) is 19.7 Å². The zero-order valence-corrected chi connectivity index (χ0v) is 14.7. The molecule has 0 saturated carbocycles. The van der Waals surface area contributed by atoms with Crippen molar-refractivity contribution in [2.45, 2.75) is 53.7 Å². The van der Waals surface area contributed by atoms with Crippen LogP contribution in [0.1, 0.15) is 43.9 Å². The molecule has 0 spiro atoms. The van der Waals surface area contributed by atoms with Gasteiger partial charge in [0.25, 0.3) is 0 Å². The highest BCUT2D eigenvalue weighted by Gasteiger charge is 2.00. The summed E-state index contributed by atoms with van der Waals surface area (Å²) in [5.74, 6) is 0.868. The normalized spacial score (nSPS) is 11.8. The molecular weight excluding hydrogens is 274 g/mol. The fourth-order valence-corrected chi connectivity index (χ4v) is 2.13. The molecule has 0 radical (unpaired) electrons. The summed E-state index contributed by atoms with van der Waals surface area (Å²) in [6, 6.07) is 6.50. The Balaban J connectivity index is 2.47. The van der Waals surface area contributed by atoms with E-state index in [0.29, 0.717) is 12.6 Å². The largest absolute Gasteiger partial charge is 0.379 e. The van der Waals surface area contributed by atoms with E-state index in [1.807, 2.05) is 0 Å². The maximum Gasteiger partial charge on any atom is 0.191 e. The number of rotatable bonds is 8. The molecule has 4 nitrogen and oxygen atoms in total. The van der Waals surface area contributed by atoms with Gasteiger partial charge in [0.2, 0.25) is 0 Å². The third-order valence-electron chi connectivity index (χ3n) is 3.31. The van der Waals surface area contributed by atoms with Crippen LogP contribution in [-0.4, -0.2) is 31.8 Å². The average molecular weight is 305 g/mol. The van der Waals surface area contributed by atoms with Crippen LogP contribution in [0.5, 0.6) is 0 Å². The van der Waals surface area contributed by atoms with Crippen molar-refractivity contribution in [1.29, 1.82) is 0 Å². The van der Waals surface area contributed by atoms with Crippen LogP contribution >= 0.6 is 0 Å². The van der Waals surface area contributed by atoms with Gasteiger partial charge in [0.05, 0.1) is 12.6 Å². The van der Waals surface area contributed by atoms with Gasteiger partial charge >= 0.3 is 0 Å². The Labute approximate surface area is 135 Å². The summed E-state index contributed by atoms with van der Waals surface area (Å²) in [4.78, 5) is 4.66. The molecule has 22 heavy (non-hydrogen) atoms. The molecule has 124 valence electrons. The average Bonchev–Trinajstić information content (AvgIpc) is 2.45. The number of ether oxygens (including phenoxy) is 1. The number of benzene rings is 1. The van der Waals surface area contributed by atoms with Gasteiger partial charge < -0.3 is 15.4 Å². The fourth-order valence-electron chi connectivity index (χ4n) is 2.13. The van der Waals surface area contributed by atoms with Crippen LogP contribution in [0.25, 0.3) is 0 Å². The Bertz CT molecular complexity index is 469. The second-order valence-corrected chi connectivity index (χ2v) is 5.82. The molecule has 1 aromatic carbocycles. The Morgan fingerprint density at radius 3 is 2.64 bits per heavy atom. The first-order valence-electron chi connectivity index (χ1n) is 8.22. The van der Waals surface area contributed by atoms with Gasteiger partial charge in [-0.25, -0.2) is 4.99 Å². The van der Waals surface area contributed by atoms with Crippen molar-refractivity contribution in [3.63, 3.8) is 0 Å². The minimum absolute atomic E-state index is 0.298. The lowest BCUT2D eigenvalue weighted by Gasteiger charge is -2.12. The van der Waals surface area contributed by atoms with Crippen LogP contribution in [0.4, 0.5) is 0 Å². The van der Waals surface area contributed by atoms with Gasteiger partial charge in [-0.1, -0.05) is 23.8 Å². The van der Waals surface area contributed by atoms with Crippen LogP contribution in [-0.2, 0) is 11.3 Å². The van der Waals surface area contributed by atoms with E-state index in [4.69, 9.17) is 4.74 Å². The number of nitrogens with one attached hydrogen (secondary N) is 2. The van der Waals surface area contributed by atoms with E-state index in [-0.39, 0.29) is 0 Å². The number of guanidine groups is 1. The molecule has 0 aliphatic carbocycles. The number of aliphatic imine (C=N–C) groups is 1. The highest BCUT2D eigenvalue weighted by Crippen LogP contribution is 2.11. The van der Waals surface area contributed by atoms with Gasteiger partial charge in [0.1, 0.15) is 0 Å². The molecule has 0 unspecified atom stereocenters. The minimum atomic E-state index is 0.298. The van der Waals surface area contributed by atoms with E-state index in [1.165, 1.54) is 16.7 Å². The van der Waals surface area contributed by atoms with Crippen molar-refractivity contribution in [3.05, 3.63) is 34.9 Å². The van der Waals surface area contributed by atoms with E-state index in [2.05, 4.69) is 68.4 Å². The standard InChI is InChI=1S/C18H31N3O/c1-6-19-18(20-10-7-11-22-14(2)3)21-13-17-9-8-15(4)12-16(17)5/h8-9,12,14H,6-7,10-11,13H2,1-5H3,(H2,19,20,21). The van der Waals surface area contributed by atoms with Crippen LogP contribution in [0.3, 0.4) is 0 Å². The molecule has 1 aromatic rings. The Morgan fingerprint density at radius 2 is 2.00 bits per heavy atom. The lowest BCUT2D eigenvalue weighted by Crippen LogP contribution is -2.38. The van der Waals surface area contributed by atoms with Crippen molar-refractivity contribution in [2.24, 2.45) is 4.99 Å². The van der Waals surface area contributed by atoms with E-state index < -0.39 is 0 Å². The Morgan fingerprint density at radius 1 is 1.23 bits per heavy atom. The van der Waals surface area contributed by atoms with Crippen molar-refractivity contribution < 1.29 is 4.74 Å². The zero-order valence-electron chi connectivity index (χ0n) is 14.7. The molecule has 0 saturated heterocycles. The Hall–Kier alpha value is -1.55. The minimum Gasteiger partial charge on any atom is -0.379 e. The summed E-state index contributed by atoms with van der Waals surface area (Å²) in [6.07, 6.45) is 1.28. The molecule has 0 aliphatic heterocycles. The molecule has 0 amide bonds.